The van der Waals surface area contributed by atoms with E-state index in [4.69, 9.17) is 42.1 Å². The number of hydrogen-bond acceptors (Lipinski definition) is 10. The zero-order chi connectivity index (χ0) is 49.6. The summed E-state index contributed by atoms with van der Waals surface area (Å²) in [5.74, 6) is -0.458. The standard InChI is InChI=1S/C20H20ClN3O3.C16H13ClIN3O2.C4H7O.3C4H9.CH4.Sn/c1-4-26-13(3)19-17(20(25)27-5-2)12-24(23-19)11-14-6-7-18-15(8-14)9-16(21)10-22-18;1-2-23-16(22)13-9-21(20-15(13)18)8-10-3-4-14-11(5-10)6-12(17)7-19-14;1-3-5-4-2;3*1-3-4-2;;/h6-10,12H,3-5,11H2,1-2H3;3-7,9H,2,8H2,1H3;1,4H2,2H3;3*1,3-4H2,2H3;1H4;. The number of fused-ring (bicyclic) bond motifs is 2. The van der Waals surface area contributed by atoms with Crippen LogP contribution < -0.4 is 0 Å². The van der Waals surface area contributed by atoms with Crippen molar-refractivity contribution in [3.05, 3.63) is 132 Å². The van der Waals surface area contributed by atoms with Gasteiger partial charge in [0.05, 0.1) is 54.0 Å². The van der Waals surface area contributed by atoms with E-state index in [0.29, 0.717) is 62.6 Å². The Hall–Kier alpha value is -4.19. The molecule has 4 heterocycles. The van der Waals surface area contributed by atoms with Crippen molar-refractivity contribution in [1.29, 1.82) is 0 Å². The van der Waals surface area contributed by atoms with E-state index < -0.39 is 24.3 Å². The summed E-state index contributed by atoms with van der Waals surface area (Å²) in [4.78, 5) is 32.7. The maximum absolute atomic E-state index is 12.3. The molecule has 69 heavy (non-hydrogen) atoms. The van der Waals surface area contributed by atoms with Gasteiger partial charge in [-0.15, -0.1) is 0 Å². The SMILES string of the molecule is C.C=C(OCC)c1nn(Cc2ccc3ncc(Cl)cc3c2)cc1C(=O)OCC.C=[C](OCC)[Sn]([CH2]CCC)([CH2]CCC)[CH2]CCC.CCOC(=O)c1cn(Cc2ccc3ncc(Cl)cc3c2)nc1I. The molecule has 0 saturated heterocycles. The number of aromatic nitrogens is 6. The molecule has 0 bridgehead atoms. The van der Waals surface area contributed by atoms with Crippen LogP contribution in [0.15, 0.2) is 90.3 Å². The van der Waals surface area contributed by atoms with Crippen LogP contribution in [0.2, 0.25) is 23.4 Å². The van der Waals surface area contributed by atoms with Gasteiger partial charge in [0.25, 0.3) is 0 Å². The number of benzene rings is 2. The molecule has 6 rings (SSSR count). The number of halogens is 3. The molecule has 0 fully saturated rings. The molecule has 0 aliphatic heterocycles. The number of nitrogens with zero attached hydrogens (tertiary/aromatic N) is 6. The molecule has 16 heteroatoms. The normalized spacial score (nSPS) is 10.9. The predicted octanol–water partition coefficient (Wildman–Crippen LogP) is 14.8. The van der Waals surface area contributed by atoms with Gasteiger partial charge in [0.2, 0.25) is 0 Å². The third-order valence-electron chi connectivity index (χ3n) is 11.1. The van der Waals surface area contributed by atoms with Gasteiger partial charge in [-0.2, -0.15) is 10.2 Å². The number of esters is 2. The number of rotatable bonds is 23. The van der Waals surface area contributed by atoms with Crippen molar-refractivity contribution in [2.75, 3.05) is 26.4 Å². The van der Waals surface area contributed by atoms with Crippen molar-refractivity contribution in [2.24, 2.45) is 0 Å². The van der Waals surface area contributed by atoms with Crippen LogP contribution in [-0.4, -0.2) is 86.3 Å². The van der Waals surface area contributed by atoms with Gasteiger partial charge in [0.1, 0.15) is 26.3 Å². The number of hydrogen-bond donors (Lipinski definition) is 0. The first-order valence-electron chi connectivity index (χ1n) is 23.6. The molecule has 12 nitrogen and oxygen atoms in total. The van der Waals surface area contributed by atoms with Crippen LogP contribution in [0.4, 0.5) is 0 Å². The van der Waals surface area contributed by atoms with Gasteiger partial charge in [-0.25, -0.2) is 9.59 Å². The molecule has 0 N–H and O–H groups in total. The minimum Gasteiger partial charge on any atom is -0.462 e. The molecule has 0 saturated carbocycles. The summed E-state index contributed by atoms with van der Waals surface area (Å²) < 4.78 is 31.2. The molecule has 2 aromatic carbocycles. The van der Waals surface area contributed by atoms with E-state index in [1.54, 1.807) is 48.0 Å². The number of unbranched alkanes of at least 4 members (excludes halogenated alkanes) is 3. The Kier molecular flexibility index (Phi) is 26.2. The smallest absolute Gasteiger partial charge is 0.342 e. The van der Waals surface area contributed by atoms with Crippen LogP contribution >= 0.6 is 45.8 Å². The molecule has 0 atom stereocenters. The van der Waals surface area contributed by atoms with Gasteiger partial charge in [0.15, 0.2) is 0 Å². The van der Waals surface area contributed by atoms with E-state index in [0.717, 1.165) is 39.5 Å². The predicted molar refractivity (Wildman–Crippen MR) is 294 cm³/mol. The van der Waals surface area contributed by atoms with Crippen LogP contribution in [0.1, 0.15) is 132 Å². The van der Waals surface area contributed by atoms with Crippen LogP contribution in [0.25, 0.3) is 27.6 Å². The molecule has 4 aromatic heterocycles. The van der Waals surface area contributed by atoms with Crippen molar-refractivity contribution in [3.8, 4) is 0 Å². The third kappa shape index (κ3) is 17.9. The van der Waals surface area contributed by atoms with Crippen molar-refractivity contribution >= 4 is 104 Å². The fourth-order valence-corrected chi connectivity index (χ4v) is 23.3. The average Bonchev–Trinajstić information content (AvgIpc) is 3.92. The molecular weight excluding hydrogens is 1130 g/mol. The van der Waals surface area contributed by atoms with Crippen molar-refractivity contribution in [3.63, 3.8) is 0 Å². The van der Waals surface area contributed by atoms with Crippen LogP contribution in [0.3, 0.4) is 0 Å². The Labute approximate surface area is 437 Å². The summed E-state index contributed by atoms with van der Waals surface area (Å²) in [5, 5.41) is 11.9. The Morgan fingerprint density at radius 2 is 1.06 bits per heavy atom. The summed E-state index contributed by atoms with van der Waals surface area (Å²) in [6.07, 6.45) is 14.7. The Balaban J connectivity index is 0.000000278. The van der Waals surface area contributed by atoms with Crippen molar-refractivity contribution in [1.82, 2.24) is 29.5 Å². The fourth-order valence-electron chi connectivity index (χ4n) is 7.68. The molecular formula is C53H71Cl2IN6O6Sn. The number of ether oxygens (including phenoxy) is 4. The molecule has 0 unspecified atom stereocenters. The molecule has 6 aromatic rings. The maximum Gasteiger partial charge on any atom is 0.342 e. The molecule has 0 aliphatic rings. The zero-order valence-corrected chi connectivity index (χ0v) is 47.2. The Bertz CT molecular complexity index is 2540. The van der Waals surface area contributed by atoms with Crippen molar-refractivity contribution in [2.45, 2.75) is 121 Å². The van der Waals surface area contributed by atoms with Gasteiger partial charge in [-0.3, -0.25) is 19.3 Å². The Morgan fingerprint density at radius 3 is 1.51 bits per heavy atom. The topological polar surface area (TPSA) is 132 Å². The second-order valence-electron chi connectivity index (χ2n) is 16.2. The van der Waals surface area contributed by atoms with E-state index in [-0.39, 0.29) is 20.0 Å². The number of pyridine rings is 2. The summed E-state index contributed by atoms with van der Waals surface area (Å²) in [6, 6.07) is 15.6. The second-order valence-corrected chi connectivity index (χ2v) is 31.3. The summed E-state index contributed by atoms with van der Waals surface area (Å²) in [5.41, 5.74) is 5.01. The first-order valence-corrected chi connectivity index (χ1v) is 32.9. The summed E-state index contributed by atoms with van der Waals surface area (Å²) in [6.45, 7) is 25.5. The van der Waals surface area contributed by atoms with Gasteiger partial charge >= 0.3 is 132 Å². The number of carbonyl (C=O) groups excluding carboxylic acids is 2. The van der Waals surface area contributed by atoms with Gasteiger partial charge < -0.3 is 14.2 Å². The maximum atomic E-state index is 12.3. The summed E-state index contributed by atoms with van der Waals surface area (Å²) in [7, 11) is 0. The quantitative estimate of drug-likeness (QED) is 0.0264. The fraction of sp³-hybridized carbons (Fsp3) is 0.434. The van der Waals surface area contributed by atoms with E-state index >= 15 is 0 Å². The van der Waals surface area contributed by atoms with Gasteiger partial charge in [-0.05, 0) is 90.9 Å². The Morgan fingerprint density at radius 1 is 0.623 bits per heavy atom. The van der Waals surface area contributed by atoms with Crippen LogP contribution in [-0.2, 0) is 32.0 Å². The first-order chi connectivity index (χ1) is 32.7. The van der Waals surface area contributed by atoms with E-state index in [1.807, 2.05) is 78.0 Å². The minimum absolute atomic E-state index is 0. The molecule has 0 spiro atoms. The monoisotopic (exact) mass is 1200 g/mol. The van der Waals surface area contributed by atoms with Gasteiger partial charge in [-0.1, -0.05) is 49.3 Å². The third-order valence-corrected chi connectivity index (χ3v) is 27.3. The minimum atomic E-state index is -2.24. The molecule has 0 radical (unpaired) electrons. The largest absolute Gasteiger partial charge is 0.462 e. The molecule has 374 valence electrons. The molecule has 0 amide bonds. The van der Waals surface area contributed by atoms with Crippen LogP contribution in [0.5, 0.6) is 0 Å². The van der Waals surface area contributed by atoms with Crippen molar-refractivity contribution < 1.29 is 28.5 Å². The second kappa shape index (κ2) is 30.5. The number of carbonyl (C=O) groups is 2. The van der Waals surface area contributed by atoms with E-state index in [2.05, 4.69) is 61.0 Å². The van der Waals surface area contributed by atoms with E-state index in [9.17, 15) is 9.59 Å². The zero-order valence-electron chi connectivity index (χ0n) is 40.7. The van der Waals surface area contributed by atoms with Crippen LogP contribution in [0, 0.1) is 3.70 Å². The van der Waals surface area contributed by atoms with E-state index in [1.165, 1.54) is 55.6 Å². The van der Waals surface area contributed by atoms with Gasteiger partial charge in [0, 0.05) is 35.6 Å². The molecule has 0 aliphatic carbocycles. The average molecular weight is 1200 g/mol. The first kappa shape index (κ1) is 59.1. The summed E-state index contributed by atoms with van der Waals surface area (Å²) >= 11 is 11.8.